The summed E-state index contributed by atoms with van der Waals surface area (Å²) in [5.74, 6) is -0.00972. The van der Waals surface area contributed by atoms with Crippen LogP contribution in [0.3, 0.4) is 0 Å². The molecule has 0 N–H and O–H groups in total. The molecule has 0 aliphatic carbocycles. The molecule has 0 bridgehead atoms. The minimum atomic E-state index is -0.487. The van der Waals surface area contributed by atoms with Gasteiger partial charge < -0.3 is 4.74 Å². The molecule has 1 amide bonds. The zero-order valence-corrected chi connectivity index (χ0v) is 13.7. The zero-order chi connectivity index (χ0) is 15.9. The monoisotopic (exact) mass is 361 g/mol. The first-order chi connectivity index (χ1) is 10.6. The second-order valence-corrected chi connectivity index (χ2v) is 5.56. The van der Waals surface area contributed by atoms with Gasteiger partial charge in [-0.15, -0.1) is 0 Å². The summed E-state index contributed by atoms with van der Waals surface area (Å²) in [6, 6.07) is 16.3. The molecule has 2 rings (SSSR count). The third-order valence-corrected chi connectivity index (χ3v) is 3.67. The van der Waals surface area contributed by atoms with Crippen LogP contribution in [0.1, 0.15) is 16.8 Å². The molecule has 114 valence electrons. The van der Waals surface area contributed by atoms with Gasteiger partial charge in [-0.05, 0) is 18.2 Å². The van der Waals surface area contributed by atoms with Crippen LogP contribution in [0.4, 0.5) is 10.5 Å². The highest BCUT2D eigenvalue weighted by Crippen LogP contribution is 2.21. The Labute approximate surface area is 137 Å². The van der Waals surface area contributed by atoms with Crippen LogP contribution in [-0.2, 0) is 4.74 Å². The Morgan fingerprint density at radius 1 is 1.09 bits per heavy atom. The number of ether oxygens (including phenoxy) is 1. The fourth-order valence-electron chi connectivity index (χ4n) is 2.06. The summed E-state index contributed by atoms with van der Waals surface area (Å²) in [5.41, 5.74) is 1.32. The van der Waals surface area contributed by atoms with Crippen LogP contribution in [0.25, 0.3) is 0 Å². The SMILES string of the molecule is COC(=O)N(CCC(=O)c1ccccc1)c1cccc(Br)c1. The third kappa shape index (κ3) is 4.18. The topological polar surface area (TPSA) is 46.6 Å². The summed E-state index contributed by atoms with van der Waals surface area (Å²) in [6.45, 7) is 0.261. The van der Waals surface area contributed by atoms with Gasteiger partial charge in [0.05, 0.1) is 7.11 Å². The maximum atomic E-state index is 12.2. The van der Waals surface area contributed by atoms with Crippen molar-refractivity contribution >= 4 is 33.5 Å². The maximum absolute atomic E-state index is 12.2. The molecule has 0 aromatic heterocycles. The molecule has 2 aromatic carbocycles. The summed E-state index contributed by atoms with van der Waals surface area (Å²) in [6.07, 6.45) is -0.259. The number of rotatable bonds is 5. The van der Waals surface area contributed by atoms with Gasteiger partial charge >= 0.3 is 6.09 Å². The number of halogens is 1. The number of carbonyl (C=O) groups excluding carboxylic acids is 2. The second kappa shape index (κ2) is 7.75. The number of anilines is 1. The zero-order valence-electron chi connectivity index (χ0n) is 12.2. The van der Waals surface area contributed by atoms with Crippen LogP contribution < -0.4 is 4.90 Å². The van der Waals surface area contributed by atoms with Gasteiger partial charge in [-0.2, -0.15) is 0 Å². The van der Waals surface area contributed by atoms with E-state index in [4.69, 9.17) is 4.74 Å². The number of hydrogen-bond donors (Lipinski definition) is 0. The highest BCUT2D eigenvalue weighted by molar-refractivity contribution is 9.10. The van der Waals surface area contributed by atoms with Crippen LogP contribution >= 0.6 is 15.9 Å². The van der Waals surface area contributed by atoms with Crippen molar-refractivity contribution in [2.24, 2.45) is 0 Å². The Balaban J connectivity index is 2.11. The van der Waals surface area contributed by atoms with E-state index in [1.54, 1.807) is 18.2 Å². The summed E-state index contributed by atoms with van der Waals surface area (Å²) >= 11 is 3.37. The van der Waals surface area contributed by atoms with Gasteiger partial charge in [0.25, 0.3) is 0 Å². The molecule has 2 aromatic rings. The van der Waals surface area contributed by atoms with Crippen molar-refractivity contribution in [2.45, 2.75) is 6.42 Å². The molecule has 5 heteroatoms. The number of methoxy groups -OCH3 is 1. The number of hydrogen-bond acceptors (Lipinski definition) is 3. The summed E-state index contributed by atoms with van der Waals surface area (Å²) in [4.78, 5) is 25.6. The van der Waals surface area contributed by atoms with Gasteiger partial charge in [0.1, 0.15) is 0 Å². The Bertz CT molecular complexity index is 658. The van der Waals surface area contributed by atoms with Crippen LogP contribution in [0, 0.1) is 0 Å². The van der Waals surface area contributed by atoms with Crippen LogP contribution in [0.15, 0.2) is 59.1 Å². The Hall–Kier alpha value is -2.14. The van der Waals surface area contributed by atoms with E-state index in [1.165, 1.54) is 12.0 Å². The number of ketones is 1. The molecule has 0 saturated carbocycles. The molecule has 0 spiro atoms. The fourth-order valence-corrected chi connectivity index (χ4v) is 2.45. The standard InChI is InChI=1S/C17H16BrNO3/c1-22-17(21)19(15-9-5-8-14(18)12-15)11-10-16(20)13-6-3-2-4-7-13/h2-9,12H,10-11H2,1H3. The van der Waals surface area contributed by atoms with Gasteiger partial charge in [0.15, 0.2) is 5.78 Å². The molecular formula is C17H16BrNO3. The van der Waals surface area contributed by atoms with E-state index in [2.05, 4.69) is 15.9 Å². The Morgan fingerprint density at radius 3 is 2.45 bits per heavy atom. The predicted molar refractivity (Wildman–Crippen MR) is 89.3 cm³/mol. The van der Waals surface area contributed by atoms with E-state index in [0.29, 0.717) is 11.3 Å². The van der Waals surface area contributed by atoms with Crippen molar-refractivity contribution in [1.82, 2.24) is 0 Å². The quantitative estimate of drug-likeness (QED) is 0.746. The van der Waals surface area contributed by atoms with Crippen molar-refractivity contribution in [3.63, 3.8) is 0 Å². The normalized spacial score (nSPS) is 10.1. The van der Waals surface area contributed by atoms with Crippen LogP contribution in [0.5, 0.6) is 0 Å². The second-order valence-electron chi connectivity index (χ2n) is 4.64. The van der Waals surface area contributed by atoms with Crippen molar-refractivity contribution in [3.8, 4) is 0 Å². The predicted octanol–water partition coefficient (Wildman–Crippen LogP) is 4.29. The third-order valence-electron chi connectivity index (χ3n) is 3.17. The van der Waals surface area contributed by atoms with Crippen molar-refractivity contribution in [1.29, 1.82) is 0 Å². The molecule has 0 aliphatic heterocycles. The van der Waals surface area contributed by atoms with E-state index in [-0.39, 0.29) is 18.7 Å². The van der Waals surface area contributed by atoms with Crippen LogP contribution in [0.2, 0.25) is 0 Å². The van der Waals surface area contributed by atoms with Gasteiger partial charge in [-0.25, -0.2) is 4.79 Å². The first-order valence-electron chi connectivity index (χ1n) is 6.81. The molecule has 0 radical (unpaired) electrons. The lowest BCUT2D eigenvalue weighted by Crippen LogP contribution is -2.32. The van der Waals surface area contributed by atoms with Crippen molar-refractivity contribution in [2.75, 3.05) is 18.6 Å². The minimum Gasteiger partial charge on any atom is -0.452 e. The minimum absolute atomic E-state index is 0.00972. The average molecular weight is 362 g/mol. The smallest absolute Gasteiger partial charge is 0.414 e. The van der Waals surface area contributed by atoms with E-state index in [0.717, 1.165) is 4.47 Å². The molecule has 22 heavy (non-hydrogen) atoms. The molecule has 0 unspecified atom stereocenters. The highest BCUT2D eigenvalue weighted by Gasteiger charge is 2.18. The number of benzene rings is 2. The first-order valence-corrected chi connectivity index (χ1v) is 7.60. The van der Waals surface area contributed by atoms with Gasteiger partial charge in [-0.1, -0.05) is 52.3 Å². The van der Waals surface area contributed by atoms with Crippen LogP contribution in [-0.4, -0.2) is 25.5 Å². The molecule has 0 saturated heterocycles. The van der Waals surface area contributed by atoms with Crippen molar-refractivity contribution < 1.29 is 14.3 Å². The first kappa shape index (κ1) is 16.2. The molecule has 0 aliphatic rings. The highest BCUT2D eigenvalue weighted by atomic mass is 79.9. The summed E-state index contributed by atoms with van der Waals surface area (Å²) in [7, 11) is 1.33. The molecule has 0 heterocycles. The number of nitrogens with zero attached hydrogens (tertiary/aromatic N) is 1. The fraction of sp³-hybridized carbons (Fsp3) is 0.176. The van der Waals surface area contributed by atoms with E-state index < -0.39 is 6.09 Å². The maximum Gasteiger partial charge on any atom is 0.414 e. The van der Waals surface area contributed by atoms with E-state index >= 15 is 0 Å². The van der Waals surface area contributed by atoms with Crippen molar-refractivity contribution in [3.05, 3.63) is 64.6 Å². The summed E-state index contributed by atoms with van der Waals surface area (Å²) in [5, 5.41) is 0. The number of Topliss-reactive ketones (excluding diaryl/α,β-unsaturated/α-hetero) is 1. The molecule has 0 fully saturated rings. The molecular weight excluding hydrogens is 346 g/mol. The van der Waals surface area contributed by atoms with Gasteiger partial charge in [0, 0.05) is 28.7 Å². The lowest BCUT2D eigenvalue weighted by atomic mass is 10.1. The van der Waals surface area contributed by atoms with E-state index in [1.807, 2.05) is 36.4 Å². The number of carbonyl (C=O) groups is 2. The average Bonchev–Trinajstić information content (AvgIpc) is 2.55. The number of amides is 1. The van der Waals surface area contributed by atoms with E-state index in [9.17, 15) is 9.59 Å². The summed E-state index contributed by atoms with van der Waals surface area (Å²) < 4.78 is 5.66. The Kier molecular flexibility index (Phi) is 5.72. The molecule has 0 atom stereocenters. The lowest BCUT2D eigenvalue weighted by molar-refractivity contribution is 0.0984. The lowest BCUT2D eigenvalue weighted by Gasteiger charge is -2.21. The largest absolute Gasteiger partial charge is 0.452 e. The van der Waals surface area contributed by atoms with Gasteiger partial charge in [-0.3, -0.25) is 9.69 Å². The van der Waals surface area contributed by atoms with Gasteiger partial charge in [0.2, 0.25) is 0 Å². The Morgan fingerprint density at radius 2 is 1.82 bits per heavy atom. The molecule has 4 nitrogen and oxygen atoms in total.